The third kappa shape index (κ3) is 5.14. The van der Waals surface area contributed by atoms with Crippen LogP contribution in [0, 0.1) is 29.1 Å². The lowest BCUT2D eigenvalue weighted by Crippen LogP contribution is -2.41. The maximum atomic E-state index is 14.0. The SMILES string of the molecule is COc1cc(C(=O)N2CC3CCC2[C@@H]3N)cc2nc(-c3cc4ccccc4n3CC3CC3)n(C[C@H]3CCN(C(=O)c4ccc(C#N)cc4)C3)c12. The summed E-state index contributed by atoms with van der Waals surface area (Å²) in [6.45, 7) is 3.54. The summed E-state index contributed by atoms with van der Waals surface area (Å²) in [6.07, 6.45) is 5.35. The fourth-order valence-corrected chi connectivity index (χ4v) is 8.78. The van der Waals surface area contributed by atoms with E-state index < -0.39 is 0 Å². The van der Waals surface area contributed by atoms with Gasteiger partial charge < -0.3 is 29.4 Å². The Morgan fingerprint density at radius 2 is 1.70 bits per heavy atom. The third-order valence-corrected chi connectivity index (χ3v) is 11.6. The number of methoxy groups -OCH3 is 1. The molecule has 9 rings (SSSR count). The highest BCUT2D eigenvalue weighted by atomic mass is 16.5. The number of benzene rings is 3. The Balaban J connectivity index is 1.12. The Kier molecular flexibility index (Phi) is 7.43. The van der Waals surface area contributed by atoms with Gasteiger partial charge in [0, 0.05) is 66.8 Å². The summed E-state index contributed by atoms with van der Waals surface area (Å²) >= 11 is 0. The quantitative estimate of drug-likeness (QED) is 0.228. The molecule has 2 aliphatic carbocycles. The number of amides is 2. The summed E-state index contributed by atoms with van der Waals surface area (Å²) in [5.41, 5.74) is 12.0. The first kappa shape index (κ1) is 30.9. The molecule has 2 unspecified atom stereocenters. The summed E-state index contributed by atoms with van der Waals surface area (Å²) in [4.78, 5) is 36.7. The van der Waals surface area contributed by atoms with Crippen molar-refractivity contribution < 1.29 is 14.3 Å². The van der Waals surface area contributed by atoms with E-state index in [4.69, 9.17) is 15.5 Å². The first-order valence-electron chi connectivity index (χ1n) is 17.9. The number of hydrogen-bond acceptors (Lipinski definition) is 6. The van der Waals surface area contributed by atoms with Crippen molar-refractivity contribution in [3.63, 3.8) is 0 Å². The van der Waals surface area contributed by atoms with Crippen LogP contribution in [-0.2, 0) is 13.1 Å². The molecule has 2 amide bonds. The van der Waals surface area contributed by atoms with Crippen LogP contribution in [-0.4, -0.2) is 74.6 Å². The zero-order valence-corrected chi connectivity index (χ0v) is 28.3. The summed E-state index contributed by atoms with van der Waals surface area (Å²) in [6, 6.07) is 23.7. The van der Waals surface area contributed by atoms with Crippen LogP contribution in [0.2, 0.25) is 0 Å². The van der Waals surface area contributed by atoms with Gasteiger partial charge in [0.05, 0.1) is 30.0 Å². The number of carbonyl (C=O) groups is 2. The zero-order valence-electron chi connectivity index (χ0n) is 28.3. The minimum Gasteiger partial charge on any atom is -0.494 e. The molecule has 4 atom stereocenters. The number of nitriles is 1. The van der Waals surface area contributed by atoms with E-state index in [1.165, 1.54) is 23.7 Å². The van der Waals surface area contributed by atoms with Crippen LogP contribution in [0.3, 0.4) is 0 Å². The van der Waals surface area contributed by atoms with Crippen LogP contribution in [0.1, 0.15) is 58.4 Å². The highest BCUT2D eigenvalue weighted by Crippen LogP contribution is 2.41. The smallest absolute Gasteiger partial charge is 0.254 e. The second-order valence-corrected chi connectivity index (χ2v) is 14.8. The molecule has 2 saturated carbocycles. The van der Waals surface area contributed by atoms with Crippen molar-refractivity contribution in [2.24, 2.45) is 23.5 Å². The second kappa shape index (κ2) is 12.0. The molecule has 2 saturated heterocycles. The lowest BCUT2D eigenvalue weighted by Gasteiger charge is -2.27. The number of fused-ring (bicyclic) bond motifs is 4. The highest BCUT2D eigenvalue weighted by Gasteiger charge is 2.47. The number of carbonyl (C=O) groups excluding carboxylic acids is 2. The molecule has 254 valence electrons. The number of rotatable bonds is 8. The van der Waals surface area contributed by atoms with Crippen LogP contribution in [0.4, 0.5) is 0 Å². The first-order valence-corrected chi connectivity index (χ1v) is 17.9. The van der Waals surface area contributed by atoms with E-state index in [2.05, 4.69) is 45.5 Å². The van der Waals surface area contributed by atoms with Gasteiger partial charge in [0.15, 0.2) is 5.82 Å². The molecule has 4 aliphatic rings. The van der Waals surface area contributed by atoms with Gasteiger partial charge in [-0.05, 0) is 98.4 Å². The summed E-state index contributed by atoms with van der Waals surface area (Å²) in [7, 11) is 1.66. The standard InChI is InChI=1S/C40H41N7O3/c1-50-35-18-30(40(49)46-23-29-12-13-33(46)36(29)42)16-31-37(35)47(22-26-14-15-44(20-26)39(48)27-10-8-24(19-41)9-11-27)38(43-31)34-17-28-4-2-3-5-32(28)45(34)21-25-6-7-25/h2-5,8-11,16-18,25-26,29,33,36H,6-7,12-15,20-23,42H2,1H3/t26-,29?,33?,36+/m0/s1. The van der Waals surface area contributed by atoms with Crippen molar-refractivity contribution in [3.8, 4) is 23.3 Å². The fourth-order valence-electron chi connectivity index (χ4n) is 8.78. The van der Waals surface area contributed by atoms with E-state index in [1.54, 1.807) is 31.4 Å². The van der Waals surface area contributed by atoms with E-state index in [0.717, 1.165) is 48.4 Å². The molecule has 0 spiro atoms. The molecule has 4 fully saturated rings. The molecule has 2 bridgehead atoms. The molecular formula is C40H41N7O3. The van der Waals surface area contributed by atoms with Crippen molar-refractivity contribution >= 4 is 33.8 Å². The van der Waals surface area contributed by atoms with Gasteiger partial charge in [-0.2, -0.15) is 5.26 Å². The van der Waals surface area contributed by atoms with Gasteiger partial charge >= 0.3 is 0 Å². The van der Waals surface area contributed by atoms with E-state index in [0.29, 0.717) is 60.5 Å². The van der Waals surface area contributed by atoms with Gasteiger partial charge in [0.25, 0.3) is 11.8 Å². The average Bonchev–Trinajstić information content (AvgIpc) is 3.45. The Labute approximate surface area is 291 Å². The normalized spacial score (nSPS) is 22.9. The number of nitrogens with zero attached hydrogens (tertiary/aromatic N) is 6. The lowest BCUT2D eigenvalue weighted by molar-refractivity contribution is 0.0700. The Morgan fingerprint density at radius 3 is 2.42 bits per heavy atom. The van der Waals surface area contributed by atoms with Crippen LogP contribution in [0.5, 0.6) is 5.75 Å². The number of likely N-dealkylation sites (tertiary alicyclic amines) is 2. The van der Waals surface area contributed by atoms with Gasteiger partial charge in [-0.3, -0.25) is 9.59 Å². The number of aromatic nitrogens is 3. The highest BCUT2D eigenvalue weighted by molar-refractivity contribution is 6.01. The van der Waals surface area contributed by atoms with E-state index in [-0.39, 0.29) is 29.8 Å². The Morgan fingerprint density at radius 1 is 0.900 bits per heavy atom. The minimum atomic E-state index is -0.0201. The number of para-hydroxylation sites is 1. The van der Waals surface area contributed by atoms with Gasteiger partial charge in [0.2, 0.25) is 0 Å². The molecule has 2 aliphatic heterocycles. The zero-order chi connectivity index (χ0) is 34.1. The molecule has 4 heterocycles. The Hall–Kier alpha value is -5.14. The van der Waals surface area contributed by atoms with E-state index in [1.807, 2.05) is 21.9 Å². The van der Waals surface area contributed by atoms with Crippen molar-refractivity contribution in [1.29, 1.82) is 5.26 Å². The second-order valence-electron chi connectivity index (χ2n) is 14.8. The fraction of sp³-hybridized carbons (Fsp3) is 0.400. The van der Waals surface area contributed by atoms with Crippen LogP contribution >= 0.6 is 0 Å². The van der Waals surface area contributed by atoms with Crippen molar-refractivity contribution in [2.75, 3.05) is 26.7 Å². The molecule has 3 aromatic carbocycles. The van der Waals surface area contributed by atoms with Crippen molar-refractivity contribution in [1.82, 2.24) is 23.9 Å². The molecule has 0 radical (unpaired) electrons. The maximum absolute atomic E-state index is 14.0. The molecule has 5 aromatic rings. The number of imidazole rings is 1. The van der Waals surface area contributed by atoms with E-state index in [9.17, 15) is 14.9 Å². The summed E-state index contributed by atoms with van der Waals surface area (Å²) in [5.74, 6) is 2.63. The van der Waals surface area contributed by atoms with Gasteiger partial charge in [0.1, 0.15) is 11.3 Å². The van der Waals surface area contributed by atoms with E-state index >= 15 is 0 Å². The molecule has 2 N–H and O–H groups in total. The predicted molar refractivity (Wildman–Crippen MR) is 191 cm³/mol. The van der Waals surface area contributed by atoms with Crippen molar-refractivity contribution in [3.05, 3.63) is 83.4 Å². The predicted octanol–water partition coefficient (Wildman–Crippen LogP) is 5.67. The van der Waals surface area contributed by atoms with Crippen LogP contribution in [0.25, 0.3) is 33.5 Å². The molecule has 10 nitrogen and oxygen atoms in total. The average molecular weight is 668 g/mol. The number of nitrogens with two attached hydrogens (primary N) is 1. The largest absolute Gasteiger partial charge is 0.494 e. The first-order chi connectivity index (χ1) is 24.4. The van der Waals surface area contributed by atoms with Crippen molar-refractivity contribution in [2.45, 2.75) is 57.3 Å². The maximum Gasteiger partial charge on any atom is 0.254 e. The van der Waals surface area contributed by atoms with Gasteiger partial charge in [-0.25, -0.2) is 4.98 Å². The molecule has 50 heavy (non-hydrogen) atoms. The number of hydrogen-bond donors (Lipinski definition) is 1. The molecule has 10 heteroatoms. The molecular weight excluding hydrogens is 626 g/mol. The van der Waals surface area contributed by atoms with Gasteiger partial charge in [-0.15, -0.1) is 0 Å². The topological polar surface area (TPSA) is 122 Å². The summed E-state index contributed by atoms with van der Waals surface area (Å²) in [5, 5.41) is 10.4. The van der Waals surface area contributed by atoms with Crippen LogP contribution < -0.4 is 10.5 Å². The lowest BCUT2D eigenvalue weighted by atomic mass is 10.1. The summed E-state index contributed by atoms with van der Waals surface area (Å²) < 4.78 is 10.8. The van der Waals surface area contributed by atoms with Crippen LogP contribution in [0.15, 0.2) is 66.7 Å². The minimum absolute atomic E-state index is 0.0143. The molecule has 2 aromatic heterocycles. The Bertz CT molecular complexity index is 2190. The monoisotopic (exact) mass is 667 g/mol. The third-order valence-electron chi connectivity index (χ3n) is 11.6. The number of ether oxygens (including phenoxy) is 1. The number of piperidine rings is 1. The van der Waals surface area contributed by atoms with Gasteiger partial charge in [-0.1, -0.05) is 18.2 Å².